The lowest BCUT2D eigenvalue weighted by Crippen LogP contribution is -2.32. The fraction of sp³-hybridized carbons (Fsp3) is 0.125. The first-order valence-corrected chi connectivity index (χ1v) is 6.76. The predicted octanol–water partition coefficient (Wildman–Crippen LogP) is 1.77. The summed E-state index contributed by atoms with van der Waals surface area (Å²) >= 11 is 0. The van der Waals surface area contributed by atoms with E-state index in [1.54, 1.807) is 24.3 Å². The maximum atomic E-state index is 12.4. The summed E-state index contributed by atoms with van der Waals surface area (Å²) in [5, 5.41) is 21.7. The van der Waals surface area contributed by atoms with Gasteiger partial charge in [-0.15, -0.1) is 0 Å². The highest BCUT2D eigenvalue weighted by atomic mass is 16.3. The van der Waals surface area contributed by atoms with Gasteiger partial charge in [-0.1, -0.05) is 24.3 Å². The normalized spacial score (nSPS) is 17.6. The second-order valence-electron chi connectivity index (χ2n) is 5.04. The summed E-state index contributed by atoms with van der Waals surface area (Å²) in [6.45, 7) is 0. The van der Waals surface area contributed by atoms with Crippen LogP contribution in [0, 0.1) is 0 Å². The van der Waals surface area contributed by atoms with Crippen molar-refractivity contribution in [1.82, 2.24) is 5.32 Å². The van der Waals surface area contributed by atoms with Crippen molar-refractivity contribution in [2.75, 3.05) is 4.90 Å². The maximum absolute atomic E-state index is 12.4. The molecule has 6 heteroatoms. The number of phenolic OH excluding ortho intramolecular Hbond substituents is 2. The van der Waals surface area contributed by atoms with Crippen molar-refractivity contribution in [3.63, 3.8) is 0 Å². The molecule has 2 aromatic carbocycles. The van der Waals surface area contributed by atoms with Crippen LogP contribution in [0.4, 0.5) is 10.5 Å². The molecule has 0 radical (unpaired) electrons. The van der Waals surface area contributed by atoms with E-state index in [-0.39, 0.29) is 17.2 Å². The monoisotopic (exact) mass is 298 g/mol. The van der Waals surface area contributed by atoms with E-state index in [4.69, 9.17) is 0 Å². The molecule has 112 valence electrons. The quantitative estimate of drug-likeness (QED) is 0.753. The second kappa shape index (κ2) is 5.40. The molecule has 1 fully saturated rings. The second-order valence-corrected chi connectivity index (χ2v) is 5.04. The van der Waals surface area contributed by atoms with Crippen LogP contribution in [0.3, 0.4) is 0 Å². The van der Waals surface area contributed by atoms with Gasteiger partial charge in [0.15, 0.2) is 0 Å². The van der Waals surface area contributed by atoms with Crippen LogP contribution in [-0.4, -0.2) is 28.2 Å². The Balaban J connectivity index is 1.82. The van der Waals surface area contributed by atoms with E-state index in [1.165, 1.54) is 24.3 Å². The van der Waals surface area contributed by atoms with Crippen LogP contribution in [-0.2, 0) is 11.2 Å². The zero-order valence-corrected chi connectivity index (χ0v) is 11.6. The minimum absolute atomic E-state index is 0.128. The molecule has 1 aliphatic heterocycles. The first-order valence-electron chi connectivity index (χ1n) is 6.76. The lowest BCUT2D eigenvalue weighted by Gasteiger charge is -2.14. The minimum atomic E-state index is -0.698. The van der Waals surface area contributed by atoms with Crippen LogP contribution in [0.25, 0.3) is 0 Å². The molecule has 3 N–H and O–H groups in total. The molecule has 1 saturated heterocycles. The molecule has 0 aliphatic carbocycles. The number of rotatable bonds is 3. The number of para-hydroxylation sites is 2. The molecular formula is C16H14N2O4. The molecule has 0 unspecified atom stereocenters. The first kappa shape index (κ1) is 13.9. The van der Waals surface area contributed by atoms with Gasteiger partial charge >= 0.3 is 6.03 Å². The standard InChI is InChI=1S/C16H14N2O4/c19-11-7-5-10(6-8-11)9-12-15(21)18(16(22)17-12)13-3-1-2-4-14(13)20/h1-8,12,19-20H,9H2,(H,17,22)/t12-/m0/s1. The zero-order chi connectivity index (χ0) is 15.7. The Morgan fingerprint density at radius 2 is 1.68 bits per heavy atom. The Hall–Kier alpha value is -3.02. The number of aromatic hydroxyl groups is 2. The van der Waals surface area contributed by atoms with E-state index >= 15 is 0 Å². The average molecular weight is 298 g/mol. The number of imide groups is 1. The predicted molar refractivity (Wildman–Crippen MR) is 79.7 cm³/mol. The van der Waals surface area contributed by atoms with Crippen molar-refractivity contribution in [2.45, 2.75) is 12.5 Å². The van der Waals surface area contributed by atoms with Gasteiger partial charge in [-0.2, -0.15) is 0 Å². The van der Waals surface area contributed by atoms with Crippen molar-refractivity contribution < 1.29 is 19.8 Å². The SMILES string of the molecule is O=C1N[C@@H](Cc2ccc(O)cc2)C(=O)N1c1ccccc1O. The fourth-order valence-corrected chi connectivity index (χ4v) is 2.42. The van der Waals surface area contributed by atoms with Crippen molar-refractivity contribution in [1.29, 1.82) is 0 Å². The van der Waals surface area contributed by atoms with Crippen LogP contribution >= 0.6 is 0 Å². The summed E-state index contributed by atoms with van der Waals surface area (Å²) in [5.74, 6) is -0.405. The van der Waals surface area contributed by atoms with Gasteiger partial charge in [-0.25, -0.2) is 9.69 Å². The van der Waals surface area contributed by atoms with Gasteiger partial charge in [0.05, 0.1) is 5.69 Å². The molecule has 1 heterocycles. The zero-order valence-electron chi connectivity index (χ0n) is 11.6. The highest BCUT2D eigenvalue weighted by Gasteiger charge is 2.39. The number of carbonyl (C=O) groups is 2. The van der Waals surface area contributed by atoms with E-state index in [1.807, 2.05) is 0 Å². The number of benzene rings is 2. The van der Waals surface area contributed by atoms with Gasteiger partial charge in [0.2, 0.25) is 0 Å². The number of hydrogen-bond acceptors (Lipinski definition) is 4. The number of carbonyl (C=O) groups excluding carboxylic acids is 2. The summed E-state index contributed by atoms with van der Waals surface area (Å²) in [7, 11) is 0. The van der Waals surface area contributed by atoms with Gasteiger partial charge < -0.3 is 15.5 Å². The number of nitrogens with zero attached hydrogens (tertiary/aromatic N) is 1. The van der Waals surface area contributed by atoms with E-state index in [0.29, 0.717) is 6.42 Å². The van der Waals surface area contributed by atoms with Crippen LogP contribution in [0.5, 0.6) is 11.5 Å². The molecule has 6 nitrogen and oxygen atoms in total. The molecule has 3 amide bonds. The van der Waals surface area contributed by atoms with Crippen LogP contribution in [0.15, 0.2) is 48.5 Å². The molecule has 2 aromatic rings. The third-order valence-corrected chi connectivity index (χ3v) is 3.52. The summed E-state index contributed by atoms with van der Waals surface area (Å²) in [6, 6.07) is 11.4. The lowest BCUT2D eigenvalue weighted by atomic mass is 10.1. The van der Waals surface area contributed by atoms with Crippen molar-refractivity contribution in [2.24, 2.45) is 0 Å². The van der Waals surface area contributed by atoms with Gasteiger partial charge in [-0.3, -0.25) is 4.79 Å². The molecule has 22 heavy (non-hydrogen) atoms. The molecule has 1 atom stereocenters. The van der Waals surface area contributed by atoms with E-state index in [2.05, 4.69) is 5.32 Å². The number of amides is 3. The Morgan fingerprint density at radius 3 is 2.36 bits per heavy atom. The number of hydrogen-bond donors (Lipinski definition) is 3. The van der Waals surface area contributed by atoms with Crippen molar-refractivity contribution in [3.05, 3.63) is 54.1 Å². The summed E-state index contributed by atoms with van der Waals surface area (Å²) in [6.07, 6.45) is 0.314. The Kier molecular flexibility index (Phi) is 3.42. The number of urea groups is 1. The third-order valence-electron chi connectivity index (χ3n) is 3.52. The largest absolute Gasteiger partial charge is 0.508 e. The van der Waals surface area contributed by atoms with E-state index in [9.17, 15) is 19.8 Å². The van der Waals surface area contributed by atoms with Gasteiger partial charge in [-0.05, 0) is 29.8 Å². The topological polar surface area (TPSA) is 89.9 Å². The number of nitrogens with one attached hydrogen (secondary N) is 1. The molecule has 3 rings (SSSR count). The number of anilines is 1. The van der Waals surface area contributed by atoms with Gasteiger partial charge in [0.1, 0.15) is 17.5 Å². The lowest BCUT2D eigenvalue weighted by molar-refractivity contribution is -0.118. The molecule has 0 spiro atoms. The minimum Gasteiger partial charge on any atom is -0.508 e. The van der Waals surface area contributed by atoms with Crippen molar-refractivity contribution in [3.8, 4) is 11.5 Å². The van der Waals surface area contributed by atoms with Crippen LogP contribution in [0.2, 0.25) is 0 Å². The summed E-state index contributed by atoms with van der Waals surface area (Å²) in [4.78, 5) is 25.4. The highest BCUT2D eigenvalue weighted by molar-refractivity contribution is 6.22. The molecule has 0 bridgehead atoms. The molecular weight excluding hydrogens is 284 g/mol. The van der Waals surface area contributed by atoms with Crippen LogP contribution in [0.1, 0.15) is 5.56 Å². The van der Waals surface area contributed by atoms with Crippen molar-refractivity contribution >= 4 is 17.6 Å². The van der Waals surface area contributed by atoms with Gasteiger partial charge in [0.25, 0.3) is 5.91 Å². The fourth-order valence-electron chi connectivity index (χ4n) is 2.42. The Morgan fingerprint density at radius 1 is 1.00 bits per heavy atom. The smallest absolute Gasteiger partial charge is 0.329 e. The first-order chi connectivity index (χ1) is 10.6. The molecule has 0 saturated carbocycles. The molecule has 0 aromatic heterocycles. The Labute approximate surface area is 126 Å². The average Bonchev–Trinajstić information content (AvgIpc) is 2.77. The maximum Gasteiger partial charge on any atom is 0.329 e. The van der Waals surface area contributed by atoms with Crippen LogP contribution < -0.4 is 10.2 Å². The summed E-state index contributed by atoms with van der Waals surface area (Å²) in [5.41, 5.74) is 0.980. The number of phenols is 2. The summed E-state index contributed by atoms with van der Waals surface area (Å²) < 4.78 is 0. The van der Waals surface area contributed by atoms with E-state index < -0.39 is 18.0 Å². The Bertz CT molecular complexity index is 727. The molecule has 1 aliphatic rings. The van der Waals surface area contributed by atoms with E-state index in [0.717, 1.165) is 10.5 Å². The third kappa shape index (κ3) is 2.46. The van der Waals surface area contributed by atoms with Gasteiger partial charge in [0, 0.05) is 6.42 Å². The highest BCUT2D eigenvalue weighted by Crippen LogP contribution is 2.29.